The summed E-state index contributed by atoms with van der Waals surface area (Å²) < 4.78 is 7.70. The van der Waals surface area contributed by atoms with Crippen molar-refractivity contribution in [3.05, 3.63) is 102 Å². The molecule has 39 heavy (non-hydrogen) atoms. The summed E-state index contributed by atoms with van der Waals surface area (Å²) in [5.41, 5.74) is 5.06. The van der Waals surface area contributed by atoms with Crippen LogP contribution < -0.4 is 19.9 Å². The molecule has 0 saturated carbocycles. The zero-order chi connectivity index (χ0) is 26.9. The molecule has 8 heteroatoms. The van der Waals surface area contributed by atoms with Crippen LogP contribution in [-0.4, -0.2) is 34.9 Å². The minimum absolute atomic E-state index is 0.153. The number of rotatable bonds is 6. The molecule has 1 N–H and O–H groups in total. The highest BCUT2D eigenvalue weighted by molar-refractivity contribution is 7.80. The highest BCUT2D eigenvalue weighted by Gasteiger charge is 2.42. The number of hydrogen-bond acceptors (Lipinski definition) is 4. The topological polar surface area (TPSA) is 45.6 Å². The molecule has 0 radical (unpaired) electrons. The maximum Gasteiger partial charge on any atom is 0.174 e. The van der Waals surface area contributed by atoms with Crippen molar-refractivity contribution in [1.82, 2.24) is 14.9 Å². The number of ether oxygens (including phenoxy) is 1. The summed E-state index contributed by atoms with van der Waals surface area (Å²) >= 11 is 12.9. The molecule has 0 bridgehead atoms. The summed E-state index contributed by atoms with van der Waals surface area (Å²) in [5.74, 6) is 1.57. The van der Waals surface area contributed by atoms with E-state index in [0.717, 1.165) is 58.2 Å². The first-order valence-electron chi connectivity index (χ1n) is 13.4. The molecule has 4 heterocycles. The molecule has 0 amide bonds. The highest BCUT2D eigenvalue weighted by atomic mass is 35.5. The van der Waals surface area contributed by atoms with E-state index in [1.807, 2.05) is 42.6 Å². The molecule has 2 aliphatic rings. The van der Waals surface area contributed by atoms with Crippen LogP contribution in [-0.2, 0) is 0 Å². The van der Waals surface area contributed by atoms with E-state index in [2.05, 4.69) is 69.2 Å². The average molecular weight is 558 g/mol. The van der Waals surface area contributed by atoms with Crippen LogP contribution in [0.25, 0.3) is 5.69 Å². The summed E-state index contributed by atoms with van der Waals surface area (Å²) in [6.07, 6.45) is 6.28. The lowest BCUT2D eigenvalue weighted by molar-refractivity contribution is 0.414. The minimum atomic E-state index is -0.161. The Hall–Kier alpha value is -3.55. The predicted molar refractivity (Wildman–Crippen MR) is 162 cm³/mol. The quantitative estimate of drug-likeness (QED) is 0.259. The second-order valence-electron chi connectivity index (χ2n) is 10.3. The van der Waals surface area contributed by atoms with E-state index in [9.17, 15) is 0 Å². The third-order valence-electron chi connectivity index (χ3n) is 7.85. The smallest absolute Gasteiger partial charge is 0.174 e. The van der Waals surface area contributed by atoms with Crippen molar-refractivity contribution in [2.24, 2.45) is 5.92 Å². The molecule has 4 aromatic rings. The lowest BCUT2D eigenvalue weighted by Gasteiger charge is -2.33. The van der Waals surface area contributed by atoms with Gasteiger partial charge >= 0.3 is 0 Å². The van der Waals surface area contributed by atoms with Gasteiger partial charge in [-0.05, 0) is 85.6 Å². The number of halogens is 1. The second-order valence-corrected chi connectivity index (χ2v) is 11.1. The van der Waals surface area contributed by atoms with Crippen LogP contribution in [0.3, 0.4) is 0 Å². The number of nitrogens with one attached hydrogen (secondary N) is 1. The minimum Gasteiger partial charge on any atom is -0.497 e. The van der Waals surface area contributed by atoms with Crippen molar-refractivity contribution < 1.29 is 4.74 Å². The van der Waals surface area contributed by atoms with Gasteiger partial charge in [0.2, 0.25) is 0 Å². The van der Waals surface area contributed by atoms with Gasteiger partial charge in [0, 0.05) is 48.6 Å². The number of piperidine rings is 1. The fourth-order valence-corrected chi connectivity index (χ4v) is 6.36. The lowest BCUT2D eigenvalue weighted by Crippen LogP contribution is -2.33. The summed E-state index contributed by atoms with van der Waals surface area (Å²) in [5, 5.41) is 4.95. The molecule has 2 unspecified atom stereocenters. The standard InChI is InChI=1S/C31H32ClN5OS/c1-21-13-17-35(18-14-21)27-12-11-23(20-25(27)32)37-30(29(34-31(37)39)26-9-3-4-15-33-26)28-10-6-16-36(28)22-7-5-8-24(19-22)38-2/h3-12,15-16,19-21,29-30H,13-14,17-18H2,1-2H3,(H,34,39). The fourth-order valence-electron chi connectivity index (χ4n) is 5.72. The van der Waals surface area contributed by atoms with Crippen molar-refractivity contribution in [3.63, 3.8) is 0 Å². The number of thiocarbonyl (C=S) groups is 1. The first kappa shape index (κ1) is 25.7. The Morgan fingerprint density at radius 3 is 2.56 bits per heavy atom. The Kier molecular flexibility index (Phi) is 7.19. The molecule has 200 valence electrons. The lowest BCUT2D eigenvalue weighted by atomic mass is 9.98. The molecule has 6 rings (SSSR count). The summed E-state index contributed by atoms with van der Waals surface area (Å²) in [6.45, 7) is 4.38. The van der Waals surface area contributed by atoms with Crippen LogP contribution in [0.4, 0.5) is 11.4 Å². The maximum absolute atomic E-state index is 6.95. The zero-order valence-corrected chi connectivity index (χ0v) is 23.7. The van der Waals surface area contributed by atoms with Crippen molar-refractivity contribution in [1.29, 1.82) is 0 Å². The van der Waals surface area contributed by atoms with Crippen LogP contribution in [0, 0.1) is 5.92 Å². The molecule has 6 nitrogen and oxygen atoms in total. The van der Waals surface area contributed by atoms with Gasteiger partial charge in [0.1, 0.15) is 11.8 Å². The van der Waals surface area contributed by atoms with E-state index in [4.69, 9.17) is 33.5 Å². The monoisotopic (exact) mass is 557 g/mol. The normalized spacial score (nSPS) is 19.8. The number of nitrogens with zero attached hydrogens (tertiary/aromatic N) is 4. The molecule has 2 fully saturated rings. The van der Waals surface area contributed by atoms with Gasteiger partial charge < -0.3 is 24.4 Å². The van der Waals surface area contributed by atoms with E-state index in [1.165, 1.54) is 12.8 Å². The van der Waals surface area contributed by atoms with Crippen molar-refractivity contribution in [2.75, 3.05) is 30.0 Å². The third-order valence-corrected chi connectivity index (χ3v) is 8.46. The molecule has 2 aromatic carbocycles. The first-order valence-corrected chi connectivity index (χ1v) is 14.2. The van der Waals surface area contributed by atoms with E-state index >= 15 is 0 Å². The van der Waals surface area contributed by atoms with Crippen LogP contribution in [0.1, 0.15) is 43.2 Å². The predicted octanol–water partition coefficient (Wildman–Crippen LogP) is 6.95. The van der Waals surface area contributed by atoms with Crippen molar-refractivity contribution in [2.45, 2.75) is 31.8 Å². The van der Waals surface area contributed by atoms with E-state index < -0.39 is 0 Å². The zero-order valence-electron chi connectivity index (χ0n) is 22.1. The van der Waals surface area contributed by atoms with Crippen LogP contribution in [0.15, 0.2) is 85.2 Å². The summed E-state index contributed by atoms with van der Waals surface area (Å²) in [6, 6.07) is 24.3. The van der Waals surface area contributed by atoms with Gasteiger partial charge in [-0.1, -0.05) is 30.7 Å². The maximum atomic E-state index is 6.95. The Bertz CT molecular complexity index is 1470. The summed E-state index contributed by atoms with van der Waals surface area (Å²) in [4.78, 5) is 9.27. The Morgan fingerprint density at radius 1 is 0.974 bits per heavy atom. The van der Waals surface area contributed by atoms with Gasteiger partial charge in [0.25, 0.3) is 0 Å². The number of benzene rings is 2. The molecular formula is C31H32ClN5OS. The molecule has 2 aromatic heterocycles. The molecule has 0 spiro atoms. The van der Waals surface area contributed by atoms with Gasteiger partial charge in [0.15, 0.2) is 5.11 Å². The number of methoxy groups -OCH3 is 1. The number of hydrogen-bond donors (Lipinski definition) is 1. The molecule has 2 aliphatic heterocycles. The van der Waals surface area contributed by atoms with Crippen LogP contribution in [0.5, 0.6) is 5.75 Å². The third kappa shape index (κ3) is 4.97. The molecule has 2 atom stereocenters. The second kappa shape index (κ2) is 10.9. The SMILES string of the molecule is COc1cccc(-n2cccc2C2C(c3ccccn3)NC(=S)N2c2ccc(N3CCC(C)CC3)c(Cl)c2)c1. The molecule has 0 aliphatic carbocycles. The van der Waals surface area contributed by atoms with E-state index in [1.54, 1.807) is 7.11 Å². The Morgan fingerprint density at radius 2 is 1.82 bits per heavy atom. The van der Waals surface area contributed by atoms with Gasteiger partial charge in [-0.25, -0.2) is 0 Å². The van der Waals surface area contributed by atoms with Crippen molar-refractivity contribution in [3.8, 4) is 11.4 Å². The van der Waals surface area contributed by atoms with Crippen LogP contribution >= 0.6 is 23.8 Å². The van der Waals surface area contributed by atoms with E-state index in [-0.39, 0.29) is 12.1 Å². The van der Waals surface area contributed by atoms with Crippen molar-refractivity contribution >= 4 is 40.3 Å². The van der Waals surface area contributed by atoms with Gasteiger partial charge in [-0.15, -0.1) is 0 Å². The molecular weight excluding hydrogens is 526 g/mol. The Balaban J connectivity index is 1.42. The van der Waals surface area contributed by atoms with E-state index in [0.29, 0.717) is 5.11 Å². The first-order chi connectivity index (χ1) is 19.0. The average Bonchev–Trinajstić information content (AvgIpc) is 3.58. The van der Waals surface area contributed by atoms with Crippen LogP contribution in [0.2, 0.25) is 5.02 Å². The number of aromatic nitrogens is 2. The largest absolute Gasteiger partial charge is 0.497 e. The van der Waals surface area contributed by atoms with Gasteiger partial charge in [-0.2, -0.15) is 0 Å². The fraction of sp³-hybridized carbons (Fsp3) is 0.290. The summed E-state index contributed by atoms with van der Waals surface area (Å²) in [7, 11) is 1.69. The highest BCUT2D eigenvalue weighted by Crippen LogP contribution is 2.44. The molecule has 2 saturated heterocycles. The number of anilines is 2. The Labute approximate surface area is 240 Å². The van der Waals surface area contributed by atoms with Gasteiger partial charge in [-0.3, -0.25) is 4.98 Å². The van der Waals surface area contributed by atoms with Gasteiger partial charge in [0.05, 0.1) is 29.6 Å². The number of pyridine rings is 1.